The first kappa shape index (κ1) is 16.2. The topological polar surface area (TPSA) is 84.6 Å². The van der Waals surface area contributed by atoms with Gasteiger partial charge in [0.2, 0.25) is 0 Å². The third kappa shape index (κ3) is 4.08. The molecule has 0 radical (unpaired) electrons. The zero-order chi connectivity index (χ0) is 14.8. The number of ether oxygens (including phenoxy) is 1. The van der Waals surface area contributed by atoms with Crippen LogP contribution in [-0.4, -0.2) is 35.5 Å². The van der Waals surface area contributed by atoms with Crippen LogP contribution in [0.15, 0.2) is 0 Å². The van der Waals surface area contributed by atoms with E-state index in [2.05, 4.69) is 5.32 Å². The molecule has 5 heteroatoms. The van der Waals surface area contributed by atoms with Gasteiger partial charge in [-0.3, -0.25) is 0 Å². The van der Waals surface area contributed by atoms with Gasteiger partial charge in [0.05, 0.1) is 6.10 Å². The van der Waals surface area contributed by atoms with Crippen LogP contribution in [0.3, 0.4) is 0 Å². The minimum atomic E-state index is -0.513. The van der Waals surface area contributed by atoms with E-state index in [0.717, 1.165) is 0 Å². The van der Waals surface area contributed by atoms with Crippen molar-refractivity contribution in [1.29, 1.82) is 0 Å². The first-order valence-electron chi connectivity index (χ1n) is 6.97. The molecular formula is C14H28N2O3. The van der Waals surface area contributed by atoms with Gasteiger partial charge in [-0.1, -0.05) is 13.8 Å². The van der Waals surface area contributed by atoms with Gasteiger partial charge in [0, 0.05) is 18.0 Å². The molecule has 112 valence electrons. The van der Waals surface area contributed by atoms with Gasteiger partial charge in [-0.05, 0) is 39.5 Å². The molecular weight excluding hydrogens is 244 g/mol. The third-order valence-electron chi connectivity index (χ3n) is 3.69. The molecule has 0 spiro atoms. The van der Waals surface area contributed by atoms with Crippen LogP contribution in [0.4, 0.5) is 4.79 Å². The molecule has 1 saturated carbocycles. The van der Waals surface area contributed by atoms with E-state index in [9.17, 15) is 9.90 Å². The second-order valence-electron chi connectivity index (χ2n) is 7.00. The fraction of sp³-hybridized carbons (Fsp3) is 0.929. The third-order valence-corrected chi connectivity index (χ3v) is 3.69. The lowest BCUT2D eigenvalue weighted by Crippen LogP contribution is -2.61. The second-order valence-corrected chi connectivity index (χ2v) is 7.00. The average molecular weight is 272 g/mol. The van der Waals surface area contributed by atoms with Crippen LogP contribution in [0.1, 0.15) is 47.5 Å². The van der Waals surface area contributed by atoms with Crippen molar-refractivity contribution in [2.45, 2.75) is 65.2 Å². The molecule has 1 rings (SSSR count). The van der Waals surface area contributed by atoms with E-state index in [1.165, 1.54) is 0 Å². The van der Waals surface area contributed by atoms with Crippen LogP contribution in [-0.2, 0) is 4.74 Å². The Bertz CT molecular complexity index is 317. The van der Waals surface area contributed by atoms with Crippen LogP contribution in [0.5, 0.6) is 0 Å². The van der Waals surface area contributed by atoms with Crippen LogP contribution in [0.2, 0.25) is 0 Å². The summed E-state index contributed by atoms with van der Waals surface area (Å²) in [5.41, 5.74) is 5.15. The molecule has 4 N–H and O–H groups in total. The first-order valence-corrected chi connectivity index (χ1v) is 6.97. The van der Waals surface area contributed by atoms with Crippen LogP contribution < -0.4 is 11.1 Å². The number of nitrogens with two attached hydrogens (primary N) is 1. The molecule has 1 fully saturated rings. The lowest BCUT2D eigenvalue weighted by atomic mass is 9.60. The number of rotatable bonds is 4. The monoisotopic (exact) mass is 272 g/mol. The predicted molar refractivity (Wildman–Crippen MR) is 74.7 cm³/mol. The zero-order valence-electron chi connectivity index (χ0n) is 12.7. The molecule has 0 heterocycles. The lowest BCUT2D eigenvalue weighted by Gasteiger charge is -2.51. The normalized spacial score (nSPS) is 28.7. The summed E-state index contributed by atoms with van der Waals surface area (Å²) in [4.78, 5) is 11.9. The van der Waals surface area contributed by atoms with E-state index in [1.54, 1.807) is 0 Å². The Balaban J connectivity index is 2.71. The zero-order valence-corrected chi connectivity index (χ0v) is 12.7. The summed E-state index contributed by atoms with van der Waals surface area (Å²) in [6.07, 6.45) is 0.565. The van der Waals surface area contributed by atoms with Gasteiger partial charge >= 0.3 is 6.09 Å². The van der Waals surface area contributed by atoms with Crippen molar-refractivity contribution in [3.05, 3.63) is 0 Å². The maximum absolute atomic E-state index is 11.9. The summed E-state index contributed by atoms with van der Waals surface area (Å²) in [7, 11) is 0. The summed E-state index contributed by atoms with van der Waals surface area (Å²) in [5.74, 6) is 0.239. The highest BCUT2D eigenvalue weighted by Gasteiger charge is 2.50. The predicted octanol–water partition coefficient (Wildman–Crippen LogP) is 1.64. The van der Waals surface area contributed by atoms with Crippen molar-refractivity contribution in [2.75, 3.05) is 6.54 Å². The summed E-state index contributed by atoms with van der Waals surface area (Å²) >= 11 is 0. The number of nitrogens with one attached hydrogen (secondary N) is 1. The maximum Gasteiger partial charge on any atom is 0.407 e. The SMILES string of the molecule is CC(C)C(NC(=O)OC(C)(C)C)C1(CN)CC(O)C1. The van der Waals surface area contributed by atoms with E-state index in [0.29, 0.717) is 19.4 Å². The number of amides is 1. The standard InChI is InChI=1S/C14H28N2O3/c1-9(2)11(14(8-15)6-10(17)7-14)16-12(18)19-13(3,4)5/h9-11,17H,6-8,15H2,1-5H3,(H,16,18). The summed E-state index contributed by atoms with van der Waals surface area (Å²) in [5, 5.41) is 12.5. The molecule has 0 aromatic rings. The van der Waals surface area contributed by atoms with Crippen molar-refractivity contribution in [2.24, 2.45) is 17.1 Å². The number of hydrogen-bond acceptors (Lipinski definition) is 4. The Hall–Kier alpha value is -0.810. The van der Waals surface area contributed by atoms with Crippen LogP contribution >= 0.6 is 0 Å². The summed E-state index contributed by atoms with van der Waals surface area (Å²) in [6, 6.07) is -0.0734. The van der Waals surface area contributed by atoms with Crippen LogP contribution in [0.25, 0.3) is 0 Å². The number of carbonyl (C=O) groups excluding carboxylic acids is 1. The Kier molecular flexibility index (Phi) is 4.85. The van der Waals surface area contributed by atoms with Gasteiger partial charge in [0.25, 0.3) is 0 Å². The highest BCUT2D eigenvalue weighted by Crippen LogP contribution is 2.45. The molecule has 0 bridgehead atoms. The summed E-state index contributed by atoms with van der Waals surface area (Å²) < 4.78 is 5.30. The molecule has 0 aliphatic heterocycles. The Morgan fingerprint density at radius 3 is 2.32 bits per heavy atom. The highest BCUT2D eigenvalue weighted by atomic mass is 16.6. The number of alkyl carbamates (subject to hydrolysis) is 1. The smallest absolute Gasteiger partial charge is 0.407 e. The Morgan fingerprint density at radius 2 is 2.00 bits per heavy atom. The van der Waals surface area contributed by atoms with Crippen molar-refractivity contribution in [3.8, 4) is 0 Å². The van der Waals surface area contributed by atoms with Gasteiger partial charge in [-0.15, -0.1) is 0 Å². The van der Waals surface area contributed by atoms with Gasteiger partial charge in [-0.2, -0.15) is 0 Å². The lowest BCUT2D eigenvalue weighted by molar-refractivity contribution is -0.0610. The minimum Gasteiger partial charge on any atom is -0.444 e. The molecule has 1 unspecified atom stereocenters. The fourth-order valence-electron chi connectivity index (χ4n) is 2.89. The van der Waals surface area contributed by atoms with Crippen LogP contribution in [0, 0.1) is 11.3 Å². The molecule has 5 nitrogen and oxygen atoms in total. The van der Waals surface area contributed by atoms with Crippen molar-refractivity contribution < 1.29 is 14.6 Å². The average Bonchev–Trinajstić information content (AvgIpc) is 2.18. The molecule has 1 amide bonds. The first-order chi connectivity index (χ1) is 8.59. The quantitative estimate of drug-likeness (QED) is 0.726. The van der Waals surface area contributed by atoms with Gasteiger partial charge < -0.3 is 20.9 Å². The highest BCUT2D eigenvalue weighted by molar-refractivity contribution is 5.68. The van der Waals surface area contributed by atoms with Crippen molar-refractivity contribution >= 4 is 6.09 Å². The van der Waals surface area contributed by atoms with Gasteiger partial charge in [0.1, 0.15) is 5.60 Å². The number of hydrogen-bond donors (Lipinski definition) is 3. The Morgan fingerprint density at radius 1 is 1.47 bits per heavy atom. The van der Waals surface area contributed by atoms with Gasteiger partial charge in [-0.25, -0.2) is 4.79 Å². The summed E-state index contributed by atoms with van der Waals surface area (Å²) in [6.45, 7) is 10.1. The molecule has 19 heavy (non-hydrogen) atoms. The van der Waals surface area contributed by atoms with E-state index in [-0.39, 0.29) is 23.5 Å². The molecule has 0 aromatic heterocycles. The number of aliphatic hydroxyl groups is 1. The second kappa shape index (κ2) is 5.67. The molecule has 0 aromatic carbocycles. The largest absolute Gasteiger partial charge is 0.444 e. The maximum atomic E-state index is 11.9. The molecule has 1 aliphatic carbocycles. The number of carbonyl (C=O) groups is 1. The fourth-order valence-corrected chi connectivity index (χ4v) is 2.89. The Labute approximate surface area is 115 Å². The van der Waals surface area contributed by atoms with E-state index in [1.807, 2.05) is 34.6 Å². The van der Waals surface area contributed by atoms with E-state index >= 15 is 0 Å². The number of aliphatic hydroxyl groups excluding tert-OH is 1. The van der Waals surface area contributed by atoms with E-state index < -0.39 is 11.7 Å². The molecule has 0 saturated heterocycles. The van der Waals surface area contributed by atoms with Crippen molar-refractivity contribution in [3.63, 3.8) is 0 Å². The van der Waals surface area contributed by atoms with E-state index in [4.69, 9.17) is 10.5 Å². The molecule has 1 aliphatic rings. The van der Waals surface area contributed by atoms with Crippen molar-refractivity contribution in [1.82, 2.24) is 5.32 Å². The minimum absolute atomic E-state index is 0.0734. The molecule has 1 atom stereocenters. The van der Waals surface area contributed by atoms with Gasteiger partial charge in [0.15, 0.2) is 0 Å².